The van der Waals surface area contributed by atoms with E-state index in [0.717, 1.165) is 23.1 Å². The molecule has 0 spiro atoms. The predicted molar refractivity (Wildman–Crippen MR) is 125 cm³/mol. The van der Waals surface area contributed by atoms with Crippen LogP contribution in [0.5, 0.6) is 0 Å². The number of ether oxygens (including phenoxy) is 2. The predicted octanol–water partition coefficient (Wildman–Crippen LogP) is 5.14. The first-order valence-corrected chi connectivity index (χ1v) is 11.6. The summed E-state index contributed by atoms with van der Waals surface area (Å²) >= 11 is 0. The second kappa shape index (κ2) is 9.77. The van der Waals surface area contributed by atoms with Gasteiger partial charge in [0.25, 0.3) is 0 Å². The number of hydrogen-bond donors (Lipinski definition) is 1. The van der Waals surface area contributed by atoms with E-state index in [2.05, 4.69) is 12.1 Å². The Kier molecular flexibility index (Phi) is 6.42. The van der Waals surface area contributed by atoms with Gasteiger partial charge in [-0.2, -0.15) is 0 Å². The Hall–Kier alpha value is -3.15. The van der Waals surface area contributed by atoms with Gasteiger partial charge in [-0.1, -0.05) is 91.0 Å². The highest BCUT2D eigenvalue weighted by Crippen LogP contribution is 2.50. The summed E-state index contributed by atoms with van der Waals surface area (Å²) in [6.07, 6.45) is 0.0721. The van der Waals surface area contributed by atoms with Crippen molar-refractivity contribution in [1.82, 2.24) is 4.90 Å². The summed E-state index contributed by atoms with van der Waals surface area (Å²) in [7, 11) is 0. The Labute approximate surface area is 194 Å². The molecule has 2 aliphatic rings. The van der Waals surface area contributed by atoms with Gasteiger partial charge in [0.05, 0.1) is 13.2 Å². The highest BCUT2D eigenvalue weighted by molar-refractivity contribution is 5.72. The molecule has 5 atom stereocenters. The van der Waals surface area contributed by atoms with E-state index in [-0.39, 0.29) is 42.7 Å². The second-order valence-corrected chi connectivity index (χ2v) is 8.89. The normalized spacial score (nSPS) is 26.6. The Morgan fingerprint density at radius 3 is 2.12 bits per heavy atom. The quantitative estimate of drug-likeness (QED) is 0.524. The number of aliphatic hydroxyl groups excluding tert-OH is 1. The molecule has 1 saturated carbocycles. The lowest BCUT2D eigenvalue weighted by Gasteiger charge is -2.49. The van der Waals surface area contributed by atoms with Crippen molar-refractivity contribution in [3.8, 4) is 0 Å². The summed E-state index contributed by atoms with van der Waals surface area (Å²) in [5, 5.41) is 9.92. The highest BCUT2D eigenvalue weighted by Gasteiger charge is 2.54. The fraction of sp³-hybridized carbons (Fsp3) is 0.321. The van der Waals surface area contributed by atoms with Gasteiger partial charge >= 0.3 is 6.09 Å². The van der Waals surface area contributed by atoms with Crippen LogP contribution in [-0.2, 0) is 16.1 Å². The van der Waals surface area contributed by atoms with Crippen LogP contribution >= 0.6 is 0 Å². The third-order valence-electron chi connectivity index (χ3n) is 6.95. The number of nitrogens with zero attached hydrogens (tertiary/aromatic N) is 1. The van der Waals surface area contributed by atoms with Crippen molar-refractivity contribution < 1.29 is 19.4 Å². The minimum Gasteiger partial charge on any atom is -0.439 e. The molecule has 2 fully saturated rings. The number of aliphatic hydroxyl groups is 1. The smallest absolute Gasteiger partial charge is 0.411 e. The summed E-state index contributed by atoms with van der Waals surface area (Å²) in [6.45, 7) is 1.10. The third-order valence-corrected chi connectivity index (χ3v) is 6.95. The summed E-state index contributed by atoms with van der Waals surface area (Å²) in [5.74, 6) is 0.178. The van der Waals surface area contributed by atoms with E-state index in [0.29, 0.717) is 13.2 Å². The summed E-state index contributed by atoms with van der Waals surface area (Å²) in [4.78, 5) is 15.1. The lowest BCUT2D eigenvalue weighted by Crippen LogP contribution is -2.56. The van der Waals surface area contributed by atoms with Crippen molar-refractivity contribution in [2.75, 3.05) is 13.2 Å². The molecule has 1 heterocycles. The first-order valence-electron chi connectivity index (χ1n) is 11.6. The second-order valence-electron chi connectivity index (χ2n) is 8.89. The molecule has 0 unspecified atom stereocenters. The number of carbonyl (C=O) groups excluding carboxylic acids is 1. The van der Waals surface area contributed by atoms with Crippen LogP contribution in [0.15, 0.2) is 91.0 Å². The molecule has 1 aliphatic carbocycles. The monoisotopic (exact) mass is 443 g/mol. The average Bonchev–Trinajstić information content (AvgIpc) is 3.20. The van der Waals surface area contributed by atoms with Gasteiger partial charge in [0.2, 0.25) is 0 Å². The average molecular weight is 444 g/mol. The number of amides is 1. The van der Waals surface area contributed by atoms with E-state index in [1.54, 1.807) is 0 Å². The van der Waals surface area contributed by atoms with Crippen molar-refractivity contribution in [1.29, 1.82) is 0 Å². The van der Waals surface area contributed by atoms with E-state index in [4.69, 9.17) is 9.47 Å². The van der Waals surface area contributed by atoms with Crippen LogP contribution in [0.2, 0.25) is 0 Å². The van der Waals surface area contributed by atoms with Crippen LogP contribution in [0.25, 0.3) is 0 Å². The van der Waals surface area contributed by atoms with Gasteiger partial charge in [-0.25, -0.2) is 4.79 Å². The Bertz CT molecular complexity index is 1040. The molecule has 1 aliphatic heterocycles. The minimum atomic E-state index is -0.375. The topological polar surface area (TPSA) is 59.0 Å². The molecule has 1 N–H and O–H groups in total. The van der Waals surface area contributed by atoms with Crippen LogP contribution in [0.3, 0.4) is 0 Å². The van der Waals surface area contributed by atoms with Crippen molar-refractivity contribution in [3.05, 3.63) is 108 Å². The number of rotatable bonds is 8. The molecule has 3 aromatic carbocycles. The minimum absolute atomic E-state index is 0.0376. The Balaban J connectivity index is 1.38. The zero-order chi connectivity index (χ0) is 22.6. The lowest BCUT2D eigenvalue weighted by molar-refractivity contribution is -0.0624. The maximum absolute atomic E-state index is 13.2. The highest BCUT2D eigenvalue weighted by atomic mass is 16.6. The van der Waals surface area contributed by atoms with Crippen LogP contribution in [0.4, 0.5) is 4.79 Å². The van der Waals surface area contributed by atoms with Gasteiger partial charge in [0.15, 0.2) is 6.10 Å². The molecule has 5 nitrogen and oxygen atoms in total. The Morgan fingerprint density at radius 1 is 0.879 bits per heavy atom. The lowest BCUT2D eigenvalue weighted by atomic mass is 9.68. The molecule has 0 bridgehead atoms. The number of benzene rings is 3. The van der Waals surface area contributed by atoms with Gasteiger partial charge in [-0.15, -0.1) is 0 Å². The van der Waals surface area contributed by atoms with E-state index >= 15 is 0 Å². The van der Waals surface area contributed by atoms with Gasteiger partial charge in [0, 0.05) is 18.6 Å². The largest absolute Gasteiger partial charge is 0.439 e. The molecule has 170 valence electrons. The van der Waals surface area contributed by atoms with Gasteiger partial charge in [0.1, 0.15) is 6.04 Å². The van der Waals surface area contributed by atoms with Crippen molar-refractivity contribution >= 4 is 6.09 Å². The summed E-state index contributed by atoms with van der Waals surface area (Å²) in [6, 6.07) is 29.8. The van der Waals surface area contributed by atoms with Gasteiger partial charge in [-0.3, -0.25) is 4.90 Å². The summed E-state index contributed by atoms with van der Waals surface area (Å²) in [5.41, 5.74) is 3.14. The molecule has 3 aromatic rings. The van der Waals surface area contributed by atoms with Gasteiger partial charge < -0.3 is 14.6 Å². The fourth-order valence-corrected chi connectivity index (χ4v) is 5.16. The fourth-order valence-electron chi connectivity index (χ4n) is 5.16. The Morgan fingerprint density at radius 2 is 1.48 bits per heavy atom. The van der Waals surface area contributed by atoms with Crippen LogP contribution < -0.4 is 0 Å². The van der Waals surface area contributed by atoms with Crippen molar-refractivity contribution in [3.63, 3.8) is 0 Å². The van der Waals surface area contributed by atoms with E-state index in [1.807, 2.05) is 83.8 Å². The molecule has 1 saturated heterocycles. The summed E-state index contributed by atoms with van der Waals surface area (Å²) < 4.78 is 12.0. The molecule has 1 amide bonds. The molecule has 5 rings (SSSR count). The van der Waals surface area contributed by atoms with Crippen LogP contribution in [0.1, 0.15) is 35.3 Å². The molecule has 5 heteroatoms. The maximum Gasteiger partial charge on any atom is 0.411 e. The number of hydrogen-bond acceptors (Lipinski definition) is 4. The molecular formula is C28H29NO4. The maximum atomic E-state index is 13.2. The molecular weight excluding hydrogens is 414 g/mol. The zero-order valence-corrected chi connectivity index (χ0v) is 18.5. The molecule has 33 heavy (non-hydrogen) atoms. The van der Waals surface area contributed by atoms with Gasteiger partial charge in [-0.05, 0) is 29.0 Å². The van der Waals surface area contributed by atoms with Crippen molar-refractivity contribution in [2.24, 2.45) is 11.8 Å². The van der Waals surface area contributed by atoms with E-state index < -0.39 is 0 Å². The van der Waals surface area contributed by atoms with E-state index in [1.165, 1.54) is 0 Å². The van der Waals surface area contributed by atoms with Crippen LogP contribution in [0, 0.1) is 11.8 Å². The third kappa shape index (κ3) is 4.39. The van der Waals surface area contributed by atoms with E-state index in [9.17, 15) is 9.90 Å². The SMILES string of the molecule is O=C1O[C@@H](c2ccccc2)[C@@H](c2ccccc2)N1[C@@H]1C[C@H](CO)[C@H]1COCc1ccccc1. The number of carbonyl (C=O) groups is 1. The van der Waals surface area contributed by atoms with Crippen molar-refractivity contribution in [2.45, 2.75) is 31.2 Å². The zero-order valence-electron chi connectivity index (χ0n) is 18.5. The molecule has 0 aromatic heterocycles. The molecule has 0 radical (unpaired) electrons. The number of cyclic esters (lactones) is 1. The van der Waals surface area contributed by atoms with Crippen LogP contribution in [-0.4, -0.2) is 35.4 Å². The first-order chi connectivity index (χ1) is 16.3. The first kappa shape index (κ1) is 21.7. The standard InChI is InChI=1S/C28H29NO4/c30-17-23-16-25(24(23)19-32-18-20-10-4-1-5-11-20)29-26(21-12-6-2-7-13-21)27(33-28(29)31)22-14-8-3-9-15-22/h1-15,23-27,30H,16-19H2/t23-,24-,25-,26-,27+/m1/s1.